The average molecular weight is 450 g/mol. The third kappa shape index (κ3) is 4.55. The molecular formula is C25H24F2N4O2. The van der Waals surface area contributed by atoms with Crippen molar-refractivity contribution in [1.29, 1.82) is 0 Å². The van der Waals surface area contributed by atoms with E-state index >= 15 is 0 Å². The van der Waals surface area contributed by atoms with Gasteiger partial charge in [0, 0.05) is 11.3 Å². The van der Waals surface area contributed by atoms with E-state index in [9.17, 15) is 13.6 Å². The fourth-order valence-corrected chi connectivity index (χ4v) is 3.54. The SMILES string of the molecule is CC[C@@H](C)c1ccc(NC(=O)c2cnn3c(C(F)F)cc(-c4ccc(OC)cc4)nc23)cc1. The molecule has 33 heavy (non-hydrogen) atoms. The van der Waals surface area contributed by atoms with Crippen LogP contribution in [0, 0.1) is 0 Å². The van der Waals surface area contributed by atoms with Crippen molar-refractivity contribution >= 4 is 17.2 Å². The first kappa shape index (κ1) is 22.4. The largest absolute Gasteiger partial charge is 0.497 e. The number of hydrogen-bond acceptors (Lipinski definition) is 4. The highest BCUT2D eigenvalue weighted by molar-refractivity contribution is 6.08. The number of rotatable bonds is 7. The van der Waals surface area contributed by atoms with Gasteiger partial charge in [0.25, 0.3) is 12.3 Å². The van der Waals surface area contributed by atoms with Crippen molar-refractivity contribution in [2.75, 3.05) is 12.4 Å². The molecule has 0 aliphatic heterocycles. The summed E-state index contributed by atoms with van der Waals surface area (Å²) >= 11 is 0. The Bertz CT molecular complexity index is 1270. The second-order valence-corrected chi connectivity index (χ2v) is 7.77. The molecule has 8 heteroatoms. The van der Waals surface area contributed by atoms with Crippen LogP contribution in [0.25, 0.3) is 16.9 Å². The van der Waals surface area contributed by atoms with E-state index < -0.39 is 12.3 Å². The van der Waals surface area contributed by atoms with Crippen molar-refractivity contribution in [1.82, 2.24) is 14.6 Å². The number of fused-ring (bicyclic) bond motifs is 1. The number of methoxy groups -OCH3 is 1. The van der Waals surface area contributed by atoms with Crippen molar-refractivity contribution in [2.45, 2.75) is 32.6 Å². The molecule has 0 saturated carbocycles. The minimum absolute atomic E-state index is 0.0624. The summed E-state index contributed by atoms with van der Waals surface area (Å²) in [5.41, 5.74) is 2.54. The third-order valence-corrected chi connectivity index (χ3v) is 5.70. The third-order valence-electron chi connectivity index (χ3n) is 5.70. The van der Waals surface area contributed by atoms with Gasteiger partial charge in [-0.15, -0.1) is 0 Å². The Morgan fingerprint density at radius 1 is 1.12 bits per heavy atom. The number of ether oxygens (including phenoxy) is 1. The summed E-state index contributed by atoms with van der Waals surface area (Å²) < 4.78 is 33.7. The molecule has 2 aromatic heterocycles. The van der Waals surface area contributed by atoms with Gasteiger partial charge in [-0.25, -0.2) is 18.3 Å². The molecule has 0 aliphatic rings. The molecule has 4 aromatic rings. The van der Waals surface area contributed by atoms with Gasteiger partial charge in [-0.3, -0.25) is 4.79 Å². The van der Waals surface area contributed by atoms with Gasteiger partial charge in [-0.1, -0.05) is 26.0 Å². The van der Waals surface area contributed by atoms with Gasteiger partial charge >= 0.3 is 0 Å². The highest BCUT2D eigenvalue weighted by atomic mass is 19.3. The van der Waals surface area contributed by atoms with Crippen LogP contribution >= 0.6 is 0 Å². The van der Waals surface area contributed by atoms with E-state index in [0.717, 1.165) is 10.9 Å². The zero-order chi connectivity index (χ0) is 23.5. The standard InChI is InChI=1S/C25H24F2N4O2/c1-4-15(2)16-5-9-18(10-6-16)29-25(32)20-14-28-31-22(23(26)27)13-21(30-24(20)31)17-7-11-19(33-3)12-8-17/h5-15,23H,4H2,1-3H3,(H,29,32)/t15-/m1/s1. The van der Waals surface area contributed by atoms with Crippen LogP contribution in [0.4, 0.5) is 14.5 Å². The maximum atomic E-state index is 13.8. The Morgan fingerprint density at radius 3 is 2.42 bits per heavy atom. The number of carbonyl (C=O) groups is 1. The van der Waals surface area contributed by atoms with E-state index in [0.29, 0.717) is 28.6 Å². The Kier molecular flexibility index (Phi) is 6.35. The van der Waals surface area contributed by atoms with Gasteiger partial charge in [0.2, 0.25) is 0 Å². The van der Waals surface area contributed by atoms with E-state index in [-0.39, 0.29) is 16.9 Å². The summed E-state index contributed by atoms with van der Waals surface area (Å²) in [4.78, 5) is 17.4. The molecule has 1 atom stereocenters. The Balaban J connectivity index is 1.70. The molecule has 0 aliphatic carbocycles. The van der Waals surface area contributed by atoms with Crippen LogP contribution in [0.15, 0.2) is 60.8 Å². The smallest absolute Gasteiger partial charge is 0.280 e. The molecule has 0 bridgehead atoms. The Labute approximate surface area is 190 Å². The average Bonchev–Trinajstić information content (AvgIpc) is 3.27. The lowest BCUT2D eigenvalue weighted by atomic mass is 9.99. The second-order valence-electron chi connectivity index (χ2n) is 7.77. The number of alkyl halides is 2. The maximum Gasteiger partial charge on any atom is 0.280 e. The number of amides is 1. The monoisotopic (exact) mass is 450 g/mol. The van der Waals surface area contributed by atoms with Gasteiger partial charge in [0.05, 0.1) is 19.0 Å². The zero-order valence-corrected chi connectivity index (χ0v) is 18.5. The van der Waals surface area contributed by atoms with Gasteiger partial charge < -0.3 is 10.1 Å². The molecular weight excluding hydrogens is 426 g/mol. The van der Waals surface area contributed by atoms with Crippen LogP contribution in [-0.2, 0) is 0 Å². The van der Waals surface area contributed by atoms with Gasteiger partial charge in [-0.05, 0) is 60.4 Å². The minimum atomic E-state index is -2.79. The molecule has 6 nitrogen and oxygen atoms in total. The Morgan fingerprint density at radius 2 is 1.82 bits per heavy atom. The van der Waals surface area contributed by atoms with E-state index in [1.54, 1.807) is 31.4 Å². The lowest BCUT2D eigenvalue weighted by Crippen LogP contribution is -2.13. The highest BCUT2D eigenvalue weighted by Crippen LogP contribution is 2.28. The van der Waals surface area contributed by atoms with Crippen molar-refractivity contribution in [3.63, 3.8) is 0 Å². The number of halogens is 2. The number of aromatic nitrogens is 3. The molecule has 0 saturated heterocycles. The van der Waals surface area contributed by atoms with Crippen LogP contribution in [-0.4, -0.2) is 27.6 Å². The van der Waals surface area contributed by atoms with Gasteiger partial charge in [0.15, 0.2) is 5.65 Å². The highest BCUT2D eigenvalue weighted by Gasteiger charge is 2.22. The molecule has 0 unspecified atom stereocenters. The van der Waals surface area contributed by atoms with E-state index in [2.05, 4.69) is 29.2 Å². The van der Waals surface area contributed by atoms with E-state index in [1.165, 1.54) is 17.8 Å². The molecule has 2 heterocycles. The predicted octanol–water partition coefficient (Wildman–Crippen LogP) is 6.11. The van der Waals surface area contributed by atoms with Crippen LogP contribution in [0.2, 0.25) is 0 Å². The molecule has 0 spiro atoms. The summed E-state index contributed by atoms with van der Waals surface area (Å²) in [5, 5.41) is 6.81. The number of nitrogens with zero attached hydrogens (tertiary/aromatic N) is 3. The van der Waals surface area contributed by atoms with E-state index in [4.69, 9.17) is 4.74 Å². The van der Waals surface area contributed by atoms with Crippen molar-refractivity contribution in [3.05, 3.63) is 77.6 Å². The van der Waals surface area contributed by atoms with Crippen LogP contribution in [0.1, 0.15) is 54.2 Å². The number of anilines is 1. The number of benzene rings is 2. The van der Waals surface area contributed by atoms with Gasteiger partial charge in [-0.2, -0.15) is 5.10 Å². The minimum Gasteiger partial charge on any atom is -0.497 e. The lowest BCUT2D eigenvalue weighted by Gasteiger charge is -2.11. The summed E-state index contributed by atoms with van der Waals surface area (Å²) in [6, 6.07) is 15.7. The first-order valence-corrected chi connectivity index (χ1v) is 10.6. The predicted molar refractivity (Wildman–Crippen MR) is 123 cm³/mol. The number of nitrogens with one attached hydrogen (secondary N) is 1. The summed E-state index contributed by atoms with van der Waals surface area (Å²) in [6.45, 7) is 4.26. The van der Waals surface area contributed by atoms with Crippen molar-refractivity contribution < 1.29 is 18.3 Å². The second kappa shape index (κ2) is 9.36. The van der Waals surface area contributed by atoms with Crippen molar-refractivity contribution in [2.24, 2.45) is 0 Å². The van der Waals surface area contributed by atoms with E-state index in [1.807, 2.05) is 24.3 Å². The number of carbonyl (C=O) groups excluding carboxylic acids is 1. The molecule has 4 rings (SSSR count). The normalized spacial score (nSPS) is 12.2. The molecule has 1 amide bonds. The first-order valence-electron chi connectivity index (χ1n) is 10.6. The van der Waals surface area contributed by atoms with Crippen LogP contribution in [0.3, 0.4) is 0 Å². The summed E-state index contributed by atoms with van der Waals surface area (Å²) in [5.74, 6) is 0.585. The zero-order valence-electron chi connectivity index (χ0n) is 18.5. The molecule has 1 N–H and O–H groups in total. The topological polar surface area (TPSA) is 68.5 Å². The molecule has 0 fully saturated rings. The fourth-order valence-electron chi connectivity index (χ4n) is 3.54. The first-order chi connectivity index (χ1) is 15.9. The van der Waals surface area contributed by atoms with Crippen LogP contribution in [0.5, 0.6) is 5.75 Å². The van der Waals surface area contributed by atoms with Crippen molar-refractivity contribution in [3.8, 4) is 17.0 Å². The maximum absolute atomic E-state index is 13.8. The molecule has 0 radical (unpaired) electrons. The quantitative estimate of drug-likeness (QED) is 0.369. The fraction of sp³-hybridized carbons (Fsp3) is 0.240. The van der Waals surface area contributed by atoms with Gasteiger partial charge in [0.1, 0.15) is 17.0 Å². The number of hydrogen-bond donors (Lipinski definition) is 1. The molecule has 170 valence electrons. The molecule has 2 aromatic carbocycles. The van der Waals surface area contributed by atoms with Crippen LogP contribution < -0.4 is 10.1 Å². The summed E-state index contributed by atoms with van der Waals surface area (Å²) in [7, 11) is 1.54. The lowest BCUT2D eigenvalue weighted by molar-refractivity contribution is 0.102. The summed E-state index contributed by atoms with van der Waals surface area (Å²) in [6.07, 6.45) is -0.520. The Hall–Kier alpha value is -3.81.